The van der Waals surface area contributed by atoms with Crippen LogP contribution in [0.4, 0.5) is 0 Å². The second kappa shape index (κ2) is 9.81. The lowest BCUT2D eigenvalue weighted by Crippen LogP contribution is -2.42. The van der Waals surface area contributed by atoms with Crippen LogP contribution >= 0.6 is 24.0 Å². The molecule has 0 saturated carbocycles. The van der Waals surface area contributed by atoms with Gasteiger partial charge in [-0.1, -0.05) is 60.5 Å². The first kappa shape index (κ1) is 19.8. The number of hydrogen-bond donors (Lipinski definition) is 1. The van der Waals surface area contributed by atoms with E-state index in [1.165, 1.54) is 6.42 Å². The van der Waals surface area contributed by atoms with Gasteiger partial charge in [0.05, 0.1) is 0 Å². The van der Waals surface area contributed by atoms with E-state index in [-0.39, 0.29) is 24.4 Å². The van der Waals surface area contributed by atoms with Crippen LogP contribution in [-0.2, 0) is 11.3 Å². The van der Waals surface area contributed by atoms with Gasteiger partial charge in [-0.2, -0.15) is 0 Å². The summed E-state index contributed by atoms with van der Waals surface area (Å²) in [6, 6.07) is 17.5. The highest BCUT2D eigenvalue weighted by Crippen LogP contribution is 2.25. The number of nitrogens with zero attached hydrogens (tertiary/aromatic N) is 1. The number of halogens is 2. The van der Waals surface area contributed by atoms with Gasteiger partial charge in [-0.25, -0.2) is 0 Å². The van der Waals surface area contributed by atoms with E-state index in [0.29, 0.717) is 11.6 Å². The zero-order valence-electron chi connectivity index (χ0n) is 14.2. The molecule has 3 rings (SSSR count). The topological polar surface area (TPSA) is 32.3 Å². The summed E-state index contributed by atoms with van der Waals surface area (Å²) in [5.41, 5.74) is 2.12. The monoisotopic (exact) mass is 378 g/mol. The quantitative estimate of drug-likeness (QED) is 0.823. The van der Waals surface area contributed by atoms with Gasteiger partial charge in [-0.15, -0.1) is 12.4 Å². The maximum atomic E-state index is 12.9. The number of hydrogen-bond acceptors (Lipinski definition) is 2. The number of benzene rings is 2. The summed E-state index contributed by atoms with van der Waals surface area (Å²) in [7, 11) is 0. The van der Waals surface area contributed by atoms with E-state index in [2.05, 4.69) is 10.2 Å². The van der Waals surface area contributed by atoms with Crippen LogP contribution in [0.5, 0.6) is 0 Å². The molecule has 1 atom stereocenters. The van der Waals surface area contributed by atoms with Gasteiger partial charge >= 0.3 is 0 Å². The summed E-state index contributed by atoms with van der Waals surface area (Å²) >= 11 is 5.91. The molecule has 5 heteroatoms. The van der Waals surface area contributed by atoms with Crippen molar-refractivity contribution in [3.63, 3.8) is 0 Å². The highest BCUT2D eigenvalue weighted by molar-refractivity contribution is 6.30. The van der Waals surface area contributed by atoms with Crippen molar-refractivity contribution in [1.82, 2.24) is 10.2 Å². The van der Waals surface area contributed by atoms with Crippen molar-refractivity contribution >= 4 is 29.9 Å². The molecule has 0 spiro atoms. The molecule has 1 N–H and O–H groups in total. The number of nitrogens with one attached hydrogen (secondary N) is 1. The van der Waals surface area contributed by atoms with Crippen LogP contribution in [0.3, 0.4) is 0 Å². The minimum absolute atomic E-state index is 0. The fraction of sp³-hybridized carbons (Fsp3) is 0.350. The van der Waals surface area contributed by atoms with Crippen LogP contribution in [0.1, 0.15) is 36.4 Å². The molecule has 1 aliphatic rings. The van der Waals surface area contributed by atoms with E-state index in [4.69, 9.17) is 11.6 Å². The van der Waals surface area contributed by atoms with Crippen molar-refractivity contribution in [2.75, 3.05) is 13.1 Å². The van der Waals surface area contributed by atoms with Crippen molar-refractivity contribution in [1.29, 1.82) is 0 Å². The Morgan fingerprint density at radius 3 is 2.28 bits per heavy atom. The summed E-state index contributed by atoms with van der Waals surface area (Å²) in [4.78, 5) is 15.2. The zero-order chi connectivity index (χ0) is 16.8. The van der Waals surface area contributed by atoms with Gasteiger partial charge in [0.15, 0.2) is 0 Å². The predicted molar refractivity (Wildman–Crippen MR) is 105 cm³/mol. The number of piperidine rings is 1. The third kappa shape index (κ3) is 5.46. The van der Waals surface area contributed by atoms with Gasteiger partial charge in [0.25, 0.3) is 0 Å². The van der Waals surface area contributed by atoms with Crippen LogP contribution in [0.25, 0.3) is 0 Å². The second-order valence-corrected chi connectivity index (χ2v) is 6.69. The van der Waals surface area contributed by atoms with Crippen molar-refractivity contribution in [2.24, 2.45) is 0 Å². The maximum absolute atomic E-state index is 12.9. The summed E-state index contributed by atoms with van der Waals surface area (Å²) < 4.78 is 0. The molecule has 1 saturated heterocycles. The Bertz CT molecular complexity index is 655. The fourth-order valence-electron chi connectivity index (χ4n) is 3.23. The number of carbonyl (C=O) groups is 1. The van der Waals surface area contributed by atoms with Crippen molar-refractivity contribution in [2.45, 2.75) is 31.8 Å². The molecule has 0 bridgehead atoms. The summed E-state index contributed by atoms with van der Waals surface area (Å²) in [6.07, 6.45) is 3.58. The molecule has 0 aliphatic carbocycles. The molecule has 25 heavy (non-hydrogen) atoms. The molecular weight excluding hydrogens is 355 g/mol. The molecule has 3 nitrogen and oxygen atoms in total. The fourth-order valence-corrected chi connectivity index (χ4v) is 3.35. The van der Waals surface area contributed by atoms with Crippen LogP contribution in [-0.4, -0.2) is 23.9 Å². The highest BCUT2D eigenvalue weighted by atomic mass is 35.5. The van der Waals surface area contributed by atoms with Crippen molar-refractivity contribution in [3.8, 4) is 0 Å². The maximum Gasteiger partial charge on any atom is 0.242 e. The Kier molecular flexibility index (Phi) is 7.76. The Balaban J connectivity index is 0.00000225. The molecule has 2 aromatic rings. The number of rotatable bonds is 5. The van der Waals surface area contributed by atoms with Gasteiger partial charge in [0.2, 0.25) is 5.91 Å². The van der Waals surface area contributed by atoms with Crippen molar-refractivity contribution < 1.29 is 4.79 Å². The van der Waals surface area contributed by atoms with E-state index in [9.17, 15) is 4.79 Å². The van der Waals surface area contributed by atoms with E-state index in [1.807, 2.05) is 54.6 Å². The lowest BCUT2D eigenvalue weighted by atomic mass is 10.0. The summed E-state index contributed by atoms with van der Waals surface area (Å²) in [5, 5.41) is 3.80. The van der Waals surface area contributed by atoms with Crippen LogP contribution < -0.4 is 5.32 Å². The van der Waals surface area contributed by atoms with Gasteiger partial charge in [0.1, 0.15) is 6.04 Å². The Morgan fingerprint density at radius 1 is 1.00 bits per heavy atom. The first-order chi connectivity index (χ1) is 11.7. The van der Waals surface area contributed by atoms with E-state index >= 15 is 0 Å². The SMILES string of the molecule is Cl.O=C(NCc1ccc(Cl)cc1)C(c1ccccc1)N1CCCCC1. The standard InChI is InChI=1S/C20H23ClN2O.ClH/c21-18-11-9-16(10-12-18)15-22-20(24)19(17-7-3-1-4-8-17)23-13-5-2-6-14-23;/h1,3-4,7-12,19H,2,5-6,13-15H2,(H,22,24);1H. The number of amides is 1. The average molecular weight is 379 g/mol. The minimum Gasteiger partial charge on any atom is -0.350 e. The van der Waals surface area contributed by atoms with E-state index in [0.717, 1.165) is 37.1 Å². The summed E-state index contributed by atoms with van der Waals surface area (Å²) in [6.45, 7) is 2.48. The molecular formula is C20H24Cl2N2O. The lowest BCUT2D eigenvalue weighted by Gasteiger charge is -2.34. The second-order valence-electron chi connectivity index (χ2n) is 6.25. The zero-order valence-corrected chi connectivity index (χ0v) is 15.7. The Labute approximate surface area is 160 Å². The van der Waals surface area contributed by atoms with E-state index in [1.54, 1.807) is 0 Å². The molecule has 2 aromatic carbocycles. The molecule has 1 aliphatic heterocycles. The lowest BCUT2D eigenvalue weighted by molar-refractivity contribution is -0.127. The predicted octanol–water partition coefficient (Wildman–Crippen LogP) is 4.61. The first-order valence-corrected chi connectivity index (χ1v) is 8.93. The molecule has 1 amide bonds. The molecule has 0 aromatic heterocycles. The number of carbonyl (C=O) groups excluding carboxylic acids is 1. The van der Waals surface area contributed by atoms with Gasteiger partial charge in [-0.3, -0.25) is 9.69 Å². The third-order valence-corrected chi connectivity index (χ3v) is 4.75. The average Bonchev–Trinajstić information content (AvgIpc) is 2.63. The van der Waals surface area contributed by atoms with Gasteiger partial charge in [-0.05, 0) is 49.2 Å². The highest BCUT2D eigenvalue weighted by Gasteiger charge is 2.28. The van der Waals surface area contributed by atoms with Crippen LogP contribution in [0.15, 0.2) is 54.6 Å². The first-order valence-electron chi connectivity index (χ1n) is 8.55. The van der Waals surface area contributed by atoms with E-state index < -0.39 is 0 Å². The Hall–Kier alpha value is -1.55. The molecule has 1 fully saturated rings. The minimum atomic E-state index is -0.209. The Morgan fingerprint density at radius 2 is 1.64 bits per heavy atom. The third-order valence-electron chi connectivity index (χ3n) is 4.50. The smallest absolute Gasteiger partial charge is 0.242 e. The molecule has 0 radical (unpaired) electrons. The normalized spacial score (nSPS) is 15.9. The van der Waals surface area contributed by atoms with Gasteiger partial charge < -0.3 is 5.32 Å². The number of likely N-dealkylation sites (tertiary alicyclic amines) is 1. The largest absolute Gasteiger partial charge is 0.350 e. The van der Waals surface area contributed by atoms with Crippen LogP contribution in [0, 0.1) is 0 Å². The van der Waals surface area contributed by atoms with Gasteiger partial charge in [0, 0.05) is 11.6 Å². The van der Waals surface area contributed by atoms with Crippen molar-refractivity contribution in [3.05, 3.63) is 70.7 Å². The molecule has 134 valence electrons. The summed E-state index contributed by atoms with van der Waals surface area (Å²) in [5.74, 6) is 0.0676. The molecule has 1 unspecified atom stereocenters. The molecule has 1 heterocycles. The van der Waals surface area contributed by atoms with Crippen LogP contribution in [0.2, 0.25) is 5.02 Å².